The minimum absolute atomic E-state index is 0.164. The Morgan fingerprint density at radius 1 is 1.47 bits per heavy atom. The fourth-order valence-corrected chi connectivity index (χ4v) is 3.42. The van der Waals surface area contributed by atoms with Gasteiger partial charge >= 0.3 is 0 Å². The van der Waals surface area contributed by atoms with Gasteiger partial charge in [-0.2, -0.15) is 5.26 Å². The van der Waals surface area contributed by atoms with E-state index >= 15 is 0 Å². The fraction of sp³-hybridized carbons (Fsp3) is 0.562. The number of benzene rings is 1. The zero-order chi connectivity index (χ0) is 13.2. The van der Waals surface area contributed by atoms with Gasteiger partial charge in [0.25, 0.3) is 0 Å². The molecule has 0 aromatic heterocycles. The van der Waals surface area contributed by atoms with Crippen molar-refractivity contribution in [1.29, 1.82) is 5.26 Å². The first-order valence-corrected chi connectivity index (χ1v) is 7.22. The summed E-state index contributed by atoms with van der Waals surface area (Å²) in [4.78, 5) is 2.57. The van der Waals surface area contributed by atoms with Crippen LogP contribution in [0.2, 0.25) is 0 Å². The Kier molecular flexibility index (Phi) is 3.54. The zero-order valence-corrected chi connectivity index (χ0v) is 11.4. The topological polar surface area (TPSA) is 36.3 Å². The van der Waals surface area contributed by atoms with Crippen molar-refractivity contribution in [3.63, 3.8) is 0 Å². The molecule has 1 saturated heterocycles. The summed E-state index contributed by atoms with van der Waals surface area (Å²) in [5.74, 6) is 0. The molecule has 0 radical (unpaired) electrons. The van der Waals surface area contributed by atoms with Crippen LogP contribution >= 0.6 is 0 Å². The number of nitriles is 1. The molecule has 1 aliphatic carbocycles. The van der Waals surface area contributed by atoms with Crippen molar-refractivity contribution >= 4 is 0 Å². The highest BCUT2D eigenvalue weighted by Gasteiger charge is 2.36. The van der Waals surface area contributed by atoms with Crippen LogP contribution in [0.25, 0.3) is 0 Å². The average molecular weight is 256 g/mol. The quantitative estimate of drug-likeness (QED) is 0.816. The maximum Gasteiger partial charge on any atom is 0.0991 e. The Bertz CT molecular complexity index is 504. The highest BCUT2D eigenvalue weighted by atomic mass is 16.5. The summed E-state index contributed by atoms with van der Waals surface area (Å²) in [5.41, 5.74) is 3.35. The summed E-state index contributed by atoms with van der Waals surface area (Å²) in [7, 11) is 0. The molecular weight excluding hydrogens is 236 g/mol. The van der Waals surface area contributed by atoms with E-state index in [1.807, 2.05) is 12.1 Å². The second-order valence-electron chi connectivity index (χ2n) is 5.46. The zero-order valence-electron chi connectivity index (χ0n) is 11.4. The summed E-state index contributed by atoms with van der Waals surface area (Å²) in [6.45, 7) is 5.23. The summed E-state index contributed by atoms with van der Waals surface area (Å²) in [6, 6.07) is 8.79. The maximum absolute atomic E-state index is 9.07. The fourth-order valence-electron chi connectivity index (χ4n) is 3.42. The average Bonchev–Trinajstić information content (AvgIpc) is 2.47. The molecular formula is C16H20N2O. The largest absolute Gasteiger partial charge is 0.371 e. The highest BCUT2D eigenvalue weighted by Crippen LogP contribution is 2.38. The molecule has 1 aromatic rings. The van der Waals surface area contributed by atoms with Crippen molar-refractivity contribution in [1.82, 2.24) is 4.90 Å². The van der Waals surface area contributed by atoms with Gasteiger partial charge in [0.15, 0.2) is 0 Å². The van der Waals surface area contributed by atoms with Crippen molar-refractivity contribution in [2.45, 2.75) is 38.3 Å². The first-order chi connectivity index (χ1) is 9.33. The molecule has 2 unspecified atom stereocenters. The van der Waals surface area contributed by atoms with Gasteiger partial charge in [0.2, 0.25) is 0 Å². The lowest BCUT2D eigenvalue weighted by atomic mass is 9.83. The first-order valence-electron chi connectivity index (χ1n) is 7.22. The summed E-state index contributed by atoms with van der Waals surface area (Å²) in [6.07, 6.45) is 3.63. The molecule has 1 fully saturated rings. The van der Waals surface area contributed by atoms with Crippen molar-refractivity contribution in [2.75, 3.05) is 19.7 Å². The minimum Gasteiger partial charge on any atom is -0.371 e. The van der Waals surface area contributed by atoms with E-state index in [0.717, 1.165) is 31.7 Å². The SMILES string of the molecule is CCCN1CCOC2c3cc(C#N)ccc3CCC21. The number of aryl methyl sites for hydroxylation is 1. The van der Waals surface area contributed by atoms with Crippen LogP contribution in [-0.2, 0) is 11.2 Å². The Balaban J connectivity index is 1.93. The van der Waals surface area contributed by atoms with Crippen molar-refractivity contribution < 1.29 is 4.74 Å². The monoisotopic (exact) mass is 256 g/mol. The van der Waals surface area contributed by atoms with Gasteiger partial charge in [0.1, 0.15) is 0 Å². The summed E-state index contributed by atoms with van der Waals surface area (Å²) < 4.78 is 6.03. The second-order valence-corrected chi connectivity index (χ2v) is 5.46. The van der Waals surface area contributed by atoms with Gasteiger partial charge in [-0.3, -0.25) is 4.90 Å². The molecule has 100 valence electrons. The molecule has 0 bridgehead atoms. The van der Waals surface area contributed by atoms with Gasteiger partial charge < -0.3 is 4.74 Å². The normalized spacial score (nSPS) is 26.3. The predicted octanol–water partition coefficient (Wildman–Crippen LogP) is 2.66. The molecule has 0 saturated carbocycles. The van der Waals surface area contributed by atoms with Gasteiger partial charge in [-0.15, -0.1) is 0 Å². The third-order valence-electron chi connectivity index (χ3n) is 4.30. The Hall–Kier alpha value is -1.37. The van der Waals surface area contributed by atoms with Crippen LogP contribution in [0.3, 0.4) is 0 Å². The van der Waals surface area contributed by atoms with E-state index in [4.69, 9.17) is 10.00 Å². The van der Waals surface area contributed by atoms with Gasteiger partial charge in [-0.1, -0.05) is 13.0 Å². The molecule has 19 heavy (non-hydrogen) atoms. The van der Waals surface area contributed by atoms with Crippen molar-refractivity contribution in [3.05, 3.63) is 34.9 Å². The third-order valence-corrected chi connectivity index (χ3v) is 4.30. The van der Waals surface area contributed by atoms with Gasteiger partial charge in [-0.05, 0) is 49.1 Å². The van der Waals surface area contributed by atoms with E-state index in [9.17, 15) is 0 Å². The van der Waals surface area contributed by atoms with E-state index in [2.05, 4.69) is 24.0 Å². The van der Waals surface area contributed by atoms with Gasteiger partial charge in [-0.25, -0.2) is 0 Å². The molecule has 0 amide bonds. The van der Waals surface area contributed by atoms with Gasteiger partial charge in [0, 0.05) is 12.6 Å². The van der Waals surface area contributed by atoms with Gasteiger partial charge in [0.05, 0.1) is 24.3 Å². The van der Waals surface area contributed by atoms with E-state index in [1.54, 1.807) is 0 Å². The second kappa shape index (κ2) is 5.32. The van der Waals surface area contributed by atoms with Crippen LogP contribution in [0.4, 0.5) is 0 Å². The van der Waals surface area contributed by atoms with E-state index in [-0.39, 0.29) is 6.10 Å². The van der Waals surface area contributed by atoms with E-state index < -0.39 is 0 Å². The van der Waals surface area contributed by atoms with Crippen LogP contribution < -0.4 is 0 Å². The predicted molar refractivity (Wildman–Crippen MR) is 73.8 cm³/mol. The molecule has 2 atom stereocenters. The highest BCUT2D eigenvalue weighted by molar-refractivity contribution is 5.41. The molecule has 3 heteroatoms. The molecule has 1 aliphatic heterocycles. The number of fused-ring (bicyclic) bond motifs is 3. The Labute approximate surface area is 114 Å². The van der Waals surface area contributed by atoms with Crippen LogP contribution in [0.15, 0.2) is 18.2 Å². The van der Waals surface area contributed by atoms with Crippen LogP contribution in [0.1, 0.15) is 42.6 Å². The van der Waals surface area contributed by atoms with E-state index in [0.29, 0.717) is 6.04 Å². The number of rotatable bonds is 2. The molecule has 3 nitrogen and oxygen atoms in total. The molecule has 1 heterocycles. The lowest BCUT2D eigenvalue weighted by Crippen LogP contribution is -2.49. The Morgan fingerprint density at radius 3 is 3.16 bits per heavy atom. The smallest absolute Gasteiger partial charge is 0.0991 e. The molecule has 0 spiro atoms. The lowest BCUT2D eigenvalue weighted by Gasteiger charge is -2.44. The minimum atomic E-state index is 0.164. The number of hydrogen-bond donors (Lipinski definition) is 0. The summed E-state index contributed by atoms with van der Waals surface area (Å²) in [5, 5.41) is 9.07. The standard InChI is InChI=1S/C16H20N2O/c1-2-7-18-8-9-19-16-14-10-12(11-17)3-4-13(14)5-6-15(16)18/h3-4,10,15-16H,2,5-9H2,1H3. The number of ether oxygens (including phenoxy) is 1. The number of hydrogen-bond acceptors (Lipinski definition) is 3. The van der Waals surface area contributed by atoms with Crippen molar-refractivity contribution in [2.24, 2.45) is 0 Å². The molecule has 0 N–H and O–H groups in total. The van der Waals surface area contributed by atoms with E-state index in [1.165, 1.54) is 24.0 Å². The van der Waals surface area contributed by atoms with Crippen molar-refractivity contribution in [3.8, 4) is 6.07 Å². The lowest BCUT2D eigenvalue weighted by molar-refractivity contribution is -0.0801. The molecule has 2 aliphatic rings. The molecule has 3 rings (SSSR count). The molecule has 1 aromatic carbocycles. The first kappa shape index (κ1) is 12.7. The third kappa shape index (κ3) is 2.27. The summed E-state index contributed by atoms with van der Waals surface area (Å²) >= 11 is 0. The maximum atomic E-state index is 9.07. The van der Waals surface area contributed by atoms with Crippen LogP contribution in [-0.4, -0.2) is 30.6 Å². The number of morpholine rings is 1. The number of nitrogens with zero attached hydrogens (tertiary/aromatic N) is 2. The Morgan fingerprint density at radius 2 is 2.37 bits per heavy atom. The van der Waals surface area contributed by atoms with Crippen LogP contribution in [0, 0.1) is 11.3 Å². The van der Waals surface area contributed by atoms with Crippen LogP contribution in [0.5, 0.6) is 0 Å².